The van der Waals surface area contributed by atoms with E-state index < -0.39 is 54.4 Å². The van der Waals surface area contributed by atoms with Gasteiger partial charge in [-0.3, -0.25) is 24.0 Å². The molecule has 0 aliphatic carbocycles. The highest BCUT2D eigenvalue weighted by molar-refractivity contribution is 5.85. The Morgan fingerprint density at radius 2 is 0.977 bits per heavy atom. The van der Waals surface area contributed by atoms with Crippen molar-refractivity contribution >= 4 is 29.7 Å². The van der Waals surface area contributed by atoms with Crippen molar-refractivity contribution in [3.63, 3.8) is 0 Å². The predicted octanol–water partition coefficient (Wildman–Crippen LogP) is 4.17. The van der Waals surface area contributed by atoms with Crippen LogP contribution in [0.5, 0.6) is 0 Å². The molecule has 0 aromatic carbocycles. The van der Waals surface area contributed by atoms with Crippen LogP contribution in [0, 0.1) is 0 Å². The van der Waals surface area contributed by atoms with Gasteiger partial charge in [0, 0.05) is 34.1 Å². The smallest absolute Gasteiger partial charge is 0.307 e. The first-order valence-corrected chi connectivity index (χ1v) is 15.5. The molecule has 43 heavy (non-hydrogen) atoms. The van der Waals surface area contributed by atoms with Crippen LogP contribution in [0.4, 0.5) is 0 Å². The SMILES string of the molecule is CCCCCCCCCCCCC(CCCCC(CC(=O)C(O)C(O)(OC(C)=O)C(O)OC(C)=O)OC(C)=O)OC(C)=O. The van der Waals surface area contributed by atoms with Crippen LogP contribution in [-0.4, -0.2) is 75.4 Å². The molecule has 0 amide bonds. The number of carbonyl (C=O) groups excluding carboxylic acids is 5. The van der Waals surface area contributed by atoms with Crippen LogP contribution in [0.1, 0.15) is 137 Å². The molecule has 0 aromatic rings. The van der Waals surface area contributed by atoms with Crippen LogP contribution in [0.15, 0.2) is 0 Å². The van der Waals surface area contributed by atoms with Gasteiger partial charge in [-0.15, -0.1) is 0 Å². The fraction of sp³-hybridized carbons (Fsp3) is 0.839. The van der Waals surface area contributed by atoms with Crippen molar-refractivity contribution in [2.45, 2.75) is 168 Å². The summed E-state index contributed by atoms with van der Waals surface area (Å²) in [6, 6.07) is 0. The van der Waals surface area contributed by atoms with E-state index in [1.54, 1.807) is 0 Å². The minimum absolute atomic E-state index is 0.210. The molecule has 12 nitrogen and oxygen atoms in total. The maximum Gasteiger partial charge on any atom is 0.307 e. The second-order valence-corrected chi connectivity index (χ2v) is 11.1. The van der Waals surface area contributed by atoms with Crippen molar-refractivity contribution in [3.05, 3.63) is 0 Å². The molecule has 0 aliphatic rings. The van der Waals surface area contributed by atoms with Gasteiger partial charge in [0.1, 0.15) is 12.2 Å². The highest BCUT2D eigenvalue weighted by Crippen LogP contribution is 2.24. The molecule has 5 atom stereocenters. The molecule has 0 spiro atoms. The Bertz CT molecular complexity index is 845. The third-order valence-corrected chi connectivity index (χ3v) is 6.91. The lowest BCUT2D eigenvalue weighted by atomic mass is 9.97. The fourth-order valence-electron chi connectivity index (χ4n) is 4.82. The summed E-state index contributed by atoms with van der Waals surface area (Å²) in [7, 11) is 0. The van der Waals surface area contributed by atoms with Crippen molar-refractivity contribution in [3.8, 4) is 0 Å². The van der Waals surface area contributed by atoms with Gasteiger partial charge in [0.05, 0.1) is 0 Å². The summed E-state index contributed by atoms with van der Waals surface area (Å²) < 4.78 is 19.6. The summed E-state index contributed by atoms with van der Waals surface area (Å²) in [6.45, 7) is 6.47. The molecule has 0 aromatic heterocycles. The monoisotopic (exact) mass is 618 g/mol. The number of hydrogen-bond donors (Lipinski definition) is 3. The van der Waals surface area contributed by atoms with Gasteiger partial charge in [-0.2, -0.15) is 0 Å². The second kappa shape index (κ2) is 22.9. The molecule has 0 heterocycles. The Hall–Kier alpha value is -2.57. The van der Waals surface area contributed by atoms with E-state index >= 15 is 0 Å². The zero-order valence-corrected chi connectivity index (χ0v) is 26.6. The van der Waals surface area contributed by atoms with Gasteiger partial charge in [0.25, 0.3) is 6.29 Å². The van der Waals surface area contributed by atoms with Gasteiger partial charge >= 0.3 is 29.7 Å². The Kier molecular flexibility index (Phi) is 21.5. The highest BCUT2D eigenvalue weighted by Gasteiger charge is 2.52. The summed E-state index contributed by atoms with van der Waals surface area (Å²) in [5.41, 5.74) is 0. The number of hydrogen-bond acceptors (Lipinski definition) is 12. The third-order valence-electron chi connectivity index (χ3n) is 6.91. The molecule has 0 aliphatic heterocycles. The Balaban J connectivity index is 4.89. The minimum atomic E-state index is -3.28. The maximum atomic E-state index is 12.8. The van der Waals surface area contributed by atoms with Crippen LogP contribution in [0.25, 0.3) is 0 Å². The summed E-state index contributed by atoms with van der Waals surface area (Å²) >= 11 is 0. The largest absolute Gasteiger partial charge is 0.463 e. The first kappa shape index (κ1) is 40.4. The van der Waals surface area contributed by atoms with Gasteiger partial charge in [0.2, 0.25) is 0 Å². The van der Waals surface area contributed by atoms with E-state index in [1.165, 1.54) is 51.9 Å². The van der Waals surface area contributed by atoms with E-state index in [0.717, 1.165) is 46.5 Å². The van der Waals surface area contributed by atoms with Gasteiger partial charge in [-0.05, 0) is 38.5 Å². The summed E-state index contributed by atoms with van der Waals surface area (Å²) in [5, 5.41) is 31.0. The first-order chi connectivity index (χ1) is 20.2. The fourth-order valence-corrected chi connectivity index (χ4v) is 4.82. The molecule has 3 N–H and O–H groups in total. The van der Waals surface area contributed by atoms with Crippen molar-refractivity contribution in [1.29, 1.82) is 0 Å². The number of aliphatic hydroxyl groups excluding tert-OH is 2. The van der Waals surface area contributed by atoms with E-state index in [9.17, 15) is 39.3 Å². The highest BCUT2D eigenvalue weighted by atomic mass is 16.7. The number of esters is 4. The molecular formula is C31H54O12. The molecule has 0 bridgehead atoms. The van der Waals surface area contributed by atoms with Crippen molar-refractivity contribution in [2.75, 3.05) is 0 Å². The van der Waals surface area contributed by atoms with Crippen molar-refractivity contribution in [1.82, 2.24) is 0 Å². The van der Waals surface area contributed by atoms with Crippen LogP contribution in [0.3, 0.4) is 0 Å². The Morgan fingerprint density at radius 1 is 0.581 bits per heavy atom. The number of unbranched alkanes of at least 4 members (excludes halogenated alkanes) is 10. The maximum absolute atomic E-state index is 12.8. The number of aliphatic hydroxyl groups is 3. The van der Waals surface area contributed by atoms with Gasteiger partial charge in [-0.25, -0.2) is 0 Å². The lowest BCUT2D eigenvalue weighted by Crippen LogP contribution is -2.59. The topological polar surface area (TPSA) is 183 Å². The van der Waals surface area contributed by atoms with Gasteiger partial charge in [0.15, 0.2) is 11.9 Å². The predicted molar refractivity (Wildman–Crippen MR) is 156 cm³/mol. The number of ether oxygens (including phenoxy) is 4. The van der Waals surface area contributed by atoms with E-state index in [0.29, 0.717) is 19.3 Å². The molecule has 0 saturated carbocycles. The van der Waals surface area contributed by atoms with Crippen LogP contribution in [-0.2, 0) is 42.9 Å². The Morgan fingerprint density at radius 3 is 1.42 bits per heavy atom. The van der Waals surface area contributed by atoms with Gasteiger partial charge in [-0.1, -0.05) is 64.7 Å². The average Bonchev–Trinajstić information content (AvgIpc) is 2.89. The normalized spacial score (nSPS) is 15.3. The van der Waals surface area contributed by atoms with E-state index in [-0.39, 0.29) is 18.5 Å². The first-order valence-electron chi connectivity index (χ1n) is 15.5. The van der Waals surface area contributed by atoms with Crippen molar-refractivity contribution < 1.29 is 58.2 Å². The summed E-state index contributed by atoms with van der Waals surface area (Å²) in [5.74, 6) is -7.68. The molecule has 0 fully saturated rings. The average molecular weight is 619 g/mol. The zero-order chi connectivity index (χ0) is 32.8. The second-order valence-electron chi connectivity index (χ2n) is 11.1. The molecule has 12 heteroatoms. The number of ketones is 1. The van der Waals surface area contributed by atoms with Crippen molar-refractivity contribution in [2.24, 2.45) is 0 Å². The summed E-state index contributed by atoms with van der Waals surface area (Å²) in [4.78, 5) is 58.7. The van der Waals surface area contributed by atoms with Crippen LogP contribution < -0.4 is 0 Å². The minimum Gasteiger partial charge on any atom is -0.463 e. The molecule has 5 unspecified atom stereocenters. The quantitative estimate of drug-likeness (QED) is 0.0575. The van der Waals surface area contributed by atoms with Gasteiger partial charge < -0.3 is 34.3 Å². The lowest BCUT2D eigenvalue weighted by molar-refractivity contribution is -0.326. The molecule has 0 radical (unpaired) electrons. The van der Waals surface area contributed by atoms with Crippen LogP contribution in [0.2, 0.25) is 0 Å². The standard InChI is InChI=1S/C31H54O12/c1-6-7-8-9-10-11-12-13-14-15-18-26(40-22(2)32)19-16-17-20-27(41-23(3)33)21-28(36)29(37)31(39,43-25(5)35)30(38)42-24(4)34/h26-27,29-30,37-39H,6-21H2,1-5H3. The number of carbonyl (C=O) groups is 5. The molecular weight excluding hydrogens is 564 g/mol. The molecule has 250 valence electrons. The van der Waals surface area contributed by atoms with Crippen LogP contribution >= 0.6 is 0 Å². The third kappa shape index (κ3) is 19.4. The van der Waals surface area contributed by atoms with E-state index in [2.05, 4.69) is 16.4 Å². The summed E-state index contributed by atoms with van der Waals surface area (Å²) in [6.07, 6.45) is 7.76. The zero-order valence-electron chi connectivity index (χ0n) is 26.6. The molecule has 0 rings (SSSR count). The number of Topliss-reactive ketones (excluding diaryl/α,β-unsaturated/α-hetero) is 1. The Labute approximate surface area is 255 Å². The lowest BCUT2D eigenvalue weighted by Gasteiger charge is -2.34. The number of rotatable bonds is 25. The molecule has 0 saturated heterocycles. The van der Waals surface area contributed by atoms with E-state index in [1.807, 2.05) is 0 Å². The van der Waals surface area contributed by atoms with E-state index in [4.69, 9.17) is 9.47 Å².